The Labute approximate surface area is 155 Å². The van der Waals surface area contributed by atoms with Crippen LogP contribution in [0.25, 0.3) is 22.6 Å². The van der Waals surface area contributed by atoms with E-state index in [-0.39, 0.29) is 0 Å². The van der Waals surface area contributed by atoms with Crippen LogP contribution in [0.4, 0.5) is 5.69 Å². The molecule has 0 saturated heterocycles. The molecule has 0 bridgehead atoms. The lowest BCUT2D eigenvalue weighted by Crippen LogP contribution is -1.98. The molecule has 124 valence electrons. The van der Waals surface area contributed by atoms with Gasteiger partial charge in [0, 0.05) is 17.3 Å². The molecule has 0 aliphatic carbocycles. The highest BCUT2D eigenvalue weighted by molar-refractivity contribution is 6.36. The SMILES string of the molecule is Clc1ccc(-c2nc3cc(NCc4ccccc4)ccc3o2)c(Cl)c1. The normalized spacial score (nSPS) is 11.0. The van der Waals surface area contributed by atoms with Crippen LogP contribution in [0.2, 0.25) is 10.0 Å². The first-order chi connectivity index (χ1) is 12.2. The van der Waals surface area contributed by atoms with Crippen LogP contribution in [0.5, 0.6) is 0 Å². The Bertz CT molecular complexity index is 1030. The zero-order chi connectivity index (χ0) is 17.2. The first-order valence-corrected chi connectivity index (χ1v) is 8.58. The van der Waals surface area contributed by atoms with Crippen molar-refractivity contribution in [3.05, 3.63) is 82.3 Å². The van der Waals surface area contributed by atoms with Crippen LogP contribution >= 0.6 is 23.2 Å². The quantitative estimate of drug-likeness (QED) is 0.451. The second kappa shape index (κ2) is 6.79. The van der Waals surface area contributed by atoms with Gasteiger partial charge in [-0.3, -0.25) is 0 Å². The molecule has 3 aromatic carbocycles. The summed E-state index contributed by atoms with van der Waals surface area (Å²) in [5.41, 5.74) is 4.42. The molecule has 1 N–H and O–H groups in total. The first-order valence-electron chi connectivity index (χ1n) is 7.83. The molecule has 0 fully saturated rings. The summed E-state index contributed by atoms with van der Waals surface area (Å²) in [7, 11) is 0. The Kier molecular flexibility index (Phi) is 4.35. The van der Waals surface area contributed by atoms with Gasteiger partial charge in [-0.2, -0.15) is 0 Å². The molecule has 1 aromatic heterocycles. The van der Waals surface area contributed by atoms with E-state index in [1.54, 1.807) is 12.1 Å². The van der Waals surface area contributed by atoms with Gasteiger partial charge in [0.05, 0.1) is 10.6 Å². The number of anilines is 1. The number of halogens is 2. The third-order valence-corrected chi connectivity index (χ3v) is 4.44. The molecule has 0 amide bonds. The van der Waals surface area contributed by atoms with Gasteiger partial charge in [0.25, 0.3) is 0 Å². The lowest BCUT2D eigenvalue weighted by atomic mass is 10.2. The molecular weight excluding hydrogens is 355 g/mol. The van der Waals surface area contributed by atoms with Crippen molar-refractivity contribution >= 4 is 40.0 Å². The van der Waals surface area contributed by atoms with Gasteiger partial charge in [-0.25, -0.2) is 4.98 Å². The Hall–Kier alpha value is -2.49. The molecule has 0 unspecified atom stereocenters. The summed E-state index contributed by atoms with van der Waals surface area (Å²) in [6.45, 7) is 0.750. The summed E-state index contributed by atoms with van der Waals surface area (Å²) < 4.78 is 5.83. The Balaban J connectivity index is 1.61. The third-order valence-electron chi connectivity index (χ3n) is 3.89. The number of aromatic nitrogens is 1. The van der Waals surface area contributed by atoms with E-state index in [1.165, 1.54) is 5.56 Å². The van der Waals surface area contributed by atoms with Gasteiger partial charge in [-0.15, -0.1) is 0 Å². The topological polar surface area (TPSA) is 38.1 Å². The van der Waals surface area contributed by atoms with Gasteiger partial charge in [-0.05, 0) is 42.0 Å². The predicted molar refractivity (Wildman–Crippen MR) is 103 cm³/mol. The Morgan fingerprint density at radius 3 is 2.56 bits per heavy atom. The minimum Gasteiger partial charge on any atom is -0.436 e. The van der Waals surface area contributed by atoms with Gasteiger partial charge in [0.1, 0.15) is 5.52 Å². The van der Waals surface area contributed by atoms with E-state index in [0.717, 1.165) is 23.3 Å². The molecule has 0 saturated carbocycles. The Morgan fingerprint density at radius 1 is 0.920 bits per heavy atom. The molecule has 25 heavy (non-hydrogen) atoms. The fourth-order valence-electron chi connectivity index (χ4n) is 2.62. The fourth-order valence-corrected chi connectivity index (χ4v) is 3.10. The summed E-state index contributed by atoms with van der Waals surface area (Å²) >= 11 is 12.2. The number of oxazole rings is 1. The van der Waals surface area contributed by atoms with Crippen LogP contribution in [0.3, 0.4) is 0 Å². The average molecular weight is 369 g/mol. The summed E-state index contributed by atoms with van der Waals surface area (Å²) in [6, 6.07) is 21.3. The third kappa shape index (κ3) is 3.48. The minimum absolute atomic E-state index is 0.483. The standard InChI is InChI=1S/C20H14Cl2N2O/c21-14-6-8-16(17(22)10-14)20-24-18-11-15(7-9-19(18)25-20)23-12-13-4-2-1-3-5-13/h1-11,23H,12H2. The molecule has 0 radical (unpaired) electrons. The van der Waals surface area contributed by atoms with Crippen molar-refractivity contribution in [3.8, 4) is 11.5 Å². The molecule has 4 rings (SSSR count). The van der Waals surface area contributed by atoms with E-state index in [9.17, 15) is 0 Å². The molecule has 0 aliphatic rings. The van der Waals surface area contributed by atoms with Crippen LogP contribution in [-0.2, 0) is 6.54 Å². The molecule has 0 aliphatic heterocycles. The molecule has 5 heteroatoms. The van der Waals surface area contributed by atoms with Gasteiger partial charge < -0.3 is 9.73 Å². The monoisotopic (exact) mass is 368 g/mol. The number of hydrogen-bond donors (Lipinski definition) is 1. The van der Waals surface area contributed by atoms with Crippen LogP contribution in [0.15, 0.2) is 71.1 Å². The summed E-state index contributed by atoms with van der Waals surface area (Å²) in [5, 5.41) is 4.49. The number of hydrogen-bond acceptors (Lipinski definition) is 3. The van der Waals surface area contributed by atoms with Crippen molar-refractivity contribution in [3.63, 3.8) is 0 Å². The number of rotatable bonds is 4. The smallest absolute Gasteiger partial charge is 0.228 e. The lowest BCUT2D eigenvalue weighted by molar-refractivity contribution is 0.620. The largest absolute Gasteiger partial charge is 0.436 e. The molecular formula is C20H14Cl2N2O. The number of nitrogens with one attached hydrogen (secondary N) is 1. The van der Waals surface area contributed by atoms with Crippen molar-refractivity contribution in [2.45, 2.75) is 6.54 Å². The molecule has 4 aromatic rings. The van der Waals surface area contributed by atoms with Gasteiger partial charge in [0.15, 0.2) is 5.58 Å². The highest BCUT2D eigenvalue weighted by Crippen LogP contribution is 2.32. The van der Waals surface area contributed by atoms with Crippen LogP contribution in [0.1, 0.15) is 5.56 Å². The van der Waals surface area contributed by atoms with Crippen molar-refractivity contribution in [1.82, 2.24) is 4.98 Å². The predicted octanol–water partition coefficient (Wildman–Crippen LogP) is 6.41. The van der Waals surface area contributed by atoms with Crippen LogP contribution in [-0.4, -0.2) is 4.98 Å². The maximum absolute atomic E-state index is 6.24. The van der Waals surface area contributed by atoms with E-state index < -0.39 is 0 Å². The highest BCUT2D eigenvalue weighted by atomic mass is 35.5. The summed E-state index contributed by atoms with van der Waals surface area (Å²) in [4.78, 5) is 4.55. The van der Waals surface area contributed by atoms with Crippen LogP contribution < -0.4 is 5.32 Å². The van der Waals surface area contributed by atoms with E-state index >= 15 is 0 Å². The Morgan fingerprint density at radius 2 is 1.76 bits per heavy atom. The second-order valence-corrected chi connectivity index (χ2v) is 6.51. The van der Waals surface area contributed by atoms with Crippen molar-refractivity contribution in [2.75, 3.05) is 5.32 Å². The van der Waals surface area contributed by atoms with E-state index in [1.807, 2.05) is 42.5 Å². The molecule has 0 spiro atoms. The highest BCUT2D eigenvalue weighted by Gasteiger charge is 2.12. The maximum Gasteiger partial charge on any atom is 0.228 e. The van der Waals surface area contributed by atoms with Crippen molar-refractivity contribution in [1.29, 1.82) is 0 Å². The van der Waals surface area contributed by atoms with E-state index in [4.69, 9.17) is 27.6 Å². The summed E-state index contributed by atoms with van der Waals surface area (Å²) in [6.07, 6.45) is 0. The minimum atomic E-state index is 0.483. The lowest BCUT2D eigenvalue weighted by Gasteiger charge is -2.05. The van der Waals surface area contributed by atoms with Gasteiger partial charge in [0.2, 0.25) is 5.89 Å². The fraction of sp³-hybridized carbons (Fsp3) is 0.0500. The molecule has 3 nitrogen and oxygen atoms in total. The first kappa shape index (κ1) is 16.0. The van der Waals surface area contributed by atoms with E-state index in [0.29, 0.717) is 21.5 Å². The van der Waals surface area contributed by atoms with E-state index in [2.05, 4.69) is 22.4 Å². The number of fused-ring (bicyclic) bond motifs is 1. The zero-order valence-corrected chi connectivity index (χ0v) is 14.7. The van der Waals surface area contributed by atoms with Gasteiger partial charge >= 0.3 is 0 Å². The maximum atomic E-state index is 6.24. The average Bonchev–Trinajstić information content (AvgIpc) is 3.03. The van der Waals surface area contributed by atoms with Crippen molar-refractivity contribution in [2.24, 2.45) is 0 Å². The zero-order valence-electron chi connectivity index (χ0n) is 13.2. The second-order valence-electron chi connectivity index (χ2n) is 5.66. The number of benzene rings is 3. The molecule has 0 atom stereocenters. The summed E-state index contributed by atoms with van der Waals surface area (Å²) in [5.74, 6) is 0.483. The van der Waals surface area contributed by atoms with Crippen molar-refractivity contribution < 1.29 is 4.42 Å². The molecule has 1 heterocycles. The number of nitrogens with zero attached hydrogens (tertiary/aromatic N) is 1. The van der Waals surface area contributed by atoms with Gasteiger partial charge in [-0.1, -0.05) is 53.5 Å². The van der Waals surface area contributed by atoms with Crippen LogP contribution in [0, 0.1) is 0 Å².